The van der Waals surface area contributed by atoms with Gasteiger partial charge < -0.3 is 10.1 Å². The third-order valence-corrected chi connectivity index (χ3v) is 4.68. The van der Waals surface area contributed by atoms with Gasteiger partial charge in [0.15, 0.2) is 0 Å². The Labute approximate surface area is 169 Å². The molecule has 0 saturated heterocycles. The van der Waals surface area contributed by atoms with Gasteiger partial charge in [-0.15, -0.1) is 0 Å². The Morgan fingerprint density at radius 2 is 2.04 bits per heavy atom. The van der Waals surface area contributed by atoms with Gasteiger partial charge in [-0.2, -0.15) is 5.10 Å². The first-order valence-electron chi connectivity index (χ1n) is 8.34. The molecule has 0 aliphatic rings. The fourth-order valence-corrected chi connectivity index (χ4v) is 2.86. The summed E-state index contributed by atoms with van der Waals surface area (Å²) in [4.78, 5) is 23.0. The smallest absolute Gasteiger partial charge is 0.275 e. The van der Waals surface area contributed by atoms with Crippen LogP contribution in [0.15, 0.2) is 53.1 Å². The largest absolute Gasteiger partial charge is 0.457 e. The molecular weight excluding hydrogens is 428 g/mol. The van der Waals surface area contributed by atoms with Crippen molar-refractivity contribution in [3.05, 3.63) is 74.5 Å². The molecule has 0 aliphatic carbocycles. The van der Waals surface area contributed by atoms with Crippen molar-refractivity contribution in [3.63, 3.8) is 0 Å². The molecule has 0 fully saturated rings. The number of nitrogens with zero attached hydrogens (tertiary/aromatic N) is 3. The van der Waals surface area contributed by atoms with Gasteiger partial charge in [-0.3, -0.25) is 19.6 Å². The minimum Gasteiger partial charge on any atom is -0.457 e. The summed E-state index contributed by atoms with van der Waals surface area (Å²) in [7, 11) is 0. The van der Waals surface area contributed by atoms with E-state index in [-0.39, 0.29) is 29.6 Å². The Morgan fingerprint density at radius 3 is 2.68 bits per heavy atom. The number of carbonyl (C=O) groups excluding carboxylic acids is 1. The topological polar surface area (TPSA) is 99.3 Å². The second kappa shape index (κ2) is 8.22. The molecule has 0 atom stereocenters. The van der Waals surface area contributed by atoms with E-state index in [0.717, 1.165) is 15.7 Å². The lowest BCUT2D eigenvalue weighted by atomic mass is 10.2. The molecule has 0 radical (unpaired) electrons. The van der Waals surface area contributed by atoms with Crippen LogP contribution in [-0.2, 0) is 11.3 Å². The minimum absolute atomic E-state index is 0.0247. The number of hydrogen-bond donors (Lipinski definition) is 1. The summed E-state index contributed by atoms with van der Waals surface area (Å²) >= 11 is 3.34. The molecule has 2 aromatic carbocycles. The molecule has 9 heteroatoms. The predicted molar refractivity (Wildman–Crippen MR) is 108 cm³/mol. The molecule has 1 aromatic heterocycles. The van der Waals surface area contributed by atoms with Crippen molar-refractivity contribution < 1.29 is 14.5 Å². The van der Waals surface area contributed by atoms with Gasteiger partial charge in [-0.25, -0.2) is 0 Å². The molecule has 0 aliphatic heterocycles. The number of rotatable bonds is 6. The maximum atomic E-state index is 12.3. The quantitative estimate of drug-likeness (QED) is 0.442. The zero-order valence-corrected chi connectivity index (χ0v) is 16.8. The van der Waals surface area contributed by atoms with Crippen molar-refractivity contribution in [3.8, 4) is 11.5 Å². The molecule has 1 amide bonds. The Bertz CT molecular complexity index is 1030. The van der Waals surface area contributed by atoms with Gasteiger partial charge in [0.25, 0.3) is 5.69 Å². The highest BCUT2D eigenvalue weighted by Crippen LogP contribution is 2.31. The normalized spacial score (nSPS) is 10.5. The van der Waals surface area contributed by atoms with Crippen LogP contribution < -0.4 is 10.1 Å². The van der Waals surface area contributed by atoms with E-state index < -0.39 is 4.92 Å². The zero-order chi connectivity index (χ0) is 20.3. The number of amides is 1. The van der Waals surface area contributed by atoms with E-state index in [9.17, 15) is 14.9 Å². The number of halogens is 1. The first-order chi connectivity index (χ1) is 13.3. The average molecular weight is 445 g/mol. The zero-order valence-electron chi connectivity index (χ0n) is 15.2. The second-order valence-electron chi connectivity index (χ2n) is 6.15. The summed E-state index contributed by atoms with van der Waals surface area (Å²) in [6, 6.07) is 11.5. The molecule has 0 spiro atoms. The van der Waals surface area contributed by atoms with Crippen LogP contribution in [0.25, 0.3) is 0 Å². The van der Waals surface area contributed by atoms with E-state index in [4.69, 9.17) is 4.74 Å². The molecule has 1 N–H and O–H groups in total. The summed E-state index contributed by atoms with van der Waals surface area (Å²) in [6.07, 6.45) is 1.69. The number of nitrogens with one attached hydrogen (secondary N) is 1. The first-order valence-corrected chi connectivity index (χ1v) is 9.13. The van der Waals surface area contributed by atoms with Gasteiger partial charge in [-0.05, 0) is 41.4 Å². The van der Waals surface area contributed by atoms with Crippen molar-refractivity contribution in [2.45, 2.75) is 20.4 Å². The number of anilines is 1. The lowest BCUT2D eigenvalue weighted by molar-refractivity contribution is -0.384. The van der Waals surface area contributed by atoms with Crippen molar-refractivity contribution in [2.24, 2.45) is 0 Å². The van der Waals surface area contributed by atoms with E-state index in [0.29, 0.717) is 5.75 Å². The number of para-hydroxylation sites is 1. The van der Waals surface area contributed by atoms with Gasteiger partial charge >= 0.3 is 0 Å². The van der Waals surface area contributed by atoms with Crippen LogP contribution in [0.1, 0.15) is 11.3 Å². The highest BCUT2D eigenvalue weighted by atomic mass is 79.9. The van der Waals surface area contributed by atoms with Crippen LogP contribution in [0.5, 0.6) is 11.5 Å². The van der Waals surface area contributed by atoms with Crippen molar-refractivity contribution >= 4 is 33.2 Å². The van der Waals surface area contributed by atoms with Crippen LogP contribution in [0.4, 0.5) is 11.4 Å². The number of nitro benzene ring substituents is 1. The van der Waals surface area contributed by atoms with Crippen LogP contribution in [0, 0.1) is 24.0 Å². The summed E-state index contributed by atoms with van der Waals surface area (Å²) in [6.45, 7) is 3.66. The van der Waals surface area contributed by atoms with E-state index in [1.165, 1.54) is 16.8 Å². The number of hydrogen-bond acceptors (Lipinski definition) is 5. The molecule has 0 bridgehead atoms. The van der Waals surface area contributed by atoms with Gasteiger partial charge in [-0.1, -0.05) is 18.2 Å². The fourth-order valence-electron chi connectivity index (χ4n) is 2.54. The molecule has 8 nitrogen and oxygen atoms in total. The fraction of sp³-hybridized carbons (Fsp3) is 0.158. The number of non-ortho nitro benzene ring substituents is 1. The van der Waals surface area contributed by atoms with Gasteiger partial charge in [0.2, 0.25) is 5.91 Å². The lowest BCUT2D eigenvalue weighted by Crippen LogP contribution is -2.19. The summed E-state index contributed by atoms with van der Waals surface area (Å²) in [5.41, 5.74) is 1.74. The van der Waals surface area contributed by atoms with Crippen molar-refractivity contribution in [1.29, 1.82) is 0 Å². The van der Waals surface area contributed by atoms with E-state index in [1.54, 1.807) is 18.3 Å². The molecular formula is C19H17BrN4O4. The molecule has 28 heavy (non-hydrogen) atoms. The number of aryl methyl sites for hydroxylation is 2. The number of nitro groups is 1. The number of benzene rings is 2. The van der Waals surface area contributed by atoms with Gasteiger partial charge in [0.1, 0.15) is 18.0 Å². The molecule has 144 valence electrons. The predicted octanol–water partition coefficient (Wildman–Crippen LogP) is 4.60. The maximum Gasteiger partial charge on any atom is 0.275 e. The third-order valence-electron chi connectivity index (χ3n) is 3.90. The van der Waals surface area contributed by atoms with Gasteiger partial charge in [0, 0.05) is 18.3 Å². The van der Waals surface area contributed by atoms with E-state index >= 15 is 0 Å². The second-order valence-corrected chi connectivity index (χ2v) is 7.00. The molecule has 3 aromatic rings. The summed E-state index contributed by atoms with van der Waals surface area (Å²) < 4.78 is 8.06. The highest BCUT2D eigenvalue weighted by molar-refractivity contribution is 9.10. The SMILES string of the molecule is Cc1ccccc1Oc1cc(NC(=O)Cn2cc(Br)c(C)n2)cc([N+](=O)[O-])c1. The highest BCUT2D eigenvalue weighted by Gasteiger charge is 2.14. The molecule has 0 unspecified atom stereocenters. The Balaban J connectivity index is 1.81. The Morgan fingerprint density at radius 1 is 1.29 bits per heavy atom. The Hall–Kier alpha value is -3.20. The van der Waals surface area contributed by atoms with Crippen LogP contribution in [0.3, 0.4) is 0 Å². The van der Waals surface area contributed by atoms with Crippen LogP contribution >= 0.6 is 15.9 Å². The number of ether oxygens (including phenoxy) is 1. The van der Waals surface area contributed by atoms with E-state index in [2.05, 4.69) is 26.3 Å². The number of carbonyl (C=O) groups is 1. The lowest BCUT2D eigenvalue weighted by Gasteiger charge is -2.11. The molecule has 3 rings (SSSR count). The minimum atomic E-state index is -0.533. The molecule has 1 heterocycles. The number of aromatic nitrogens is 2. The Kier molecular flexibility index (Phi) is 5.74. The third kappa shape index (κ3) is 4.74. The average Bonchev–Trinajstić information content (AvgIpc) is 2.93. The monoisotopic (exact) mass is 444 g/mol. The van der Waals surface area contributed by atoms with Crippen molar-refractivity contribution in [2.75, 3.05) is 5.32 Å². The van der Waals surface area contributed by atoms with Crippen molar-refractivity contribution in [1.82, 2.24) is 9.78 Å². The van der Waals surface area contributed by atoms with E-state index in [1.807, 2.05) is 32.0 Å². The molecule has 0 saturated carbocycles. The van der Waals surface area contributed by atoms with Crippen LogP contribution in [0.2, 0.25) is 0 Å². The van der Waals surface area contributed by atoms with Crippen LogP contribution in [-0.4, -0.2) is 20.6 Å². The summed E-state index contributed by atoms with van der Waals surface area (Å²) in [5, 5.41) is 18.1. The summed E-state index contributed by atoms with van der Waals surface area (Å²) in [5.74, 6) is 0.478. The first kappa shape index (κ1) is 19.6. The maximum absolute atomic E-state index is 12.3. The standard InChI is InChI=1S/C19H17BrN4O4/c1-12-5-3-4-6-18(12)28-16-8-14(7-15(9-16)24(26)27)21-19(25)11-23-10-17(20)13(2)22-23/h3-10H,11H2,1-2H3,(H,21,25). The van der Waals surface area contributed by atoms with Gasteiger partial charge in [0.05, 0.1) is 26.8 Å².